The van der Waals surface area contributed by atoms with Crippen molar-refractivity contribution in [3.63, 3.8) is 0 Å². The van der Waals surface area contributed by atoms with E-state index in [-0.39, 0.29) is 23.3 Å². The molecule has 0 radical (unpaired) electrons. The number of carbonyl (C=O) groups is 2. The van der Waals surface area contributed by atoms with Crippen LogP contribution in [0.1, 0.15) is 23.2 Å². The summed E-state index contributed by atoms with van der Waals surface area (Å²) in [5.41, 5.74) is 0.282. The minimum Gasteiger partial charge on any atom is -0.478 e. The zero-order valence-electron chi connectivity index (χ0n) is 11.1. The fraction of sp³-hybridized carbons (Fsp3) is 0.286. The van der Waals surface area contributed by atoms with E-state index in [4.69, 9.17) is 0 Å². The monoisotopic (exact) mass is 416 g/mol. The Bertz CT molecular complexity index is 600. The molecule has 0 aliphatic heterocycles. The lowest BCUT2D eigenvalue weighted by atomic mass is 10.2. The second-order valence-corrected chi connectivity index (χ2v) is 6.49. The Labute approximate surface area is 139 Å². The molecule has 112 valence electrons. The fourth-order valence-corrected chi connectivity index (χ4v) is 3.30. The highest BCUT2D eigenvalue weighted by Crippen LogP contribution is 2.32. The van der Waals surface area contributed by atoms with Gasteiger partial charge in [-0.25, -0.2) is 9.59 Å². The van der Waals surface area contributed by atoms with Gasteiger partial charge in [0, 0.05) is 21.5 Å². The third-order valence-electron chi connectivity index (χ3n) is 3.09. The Morgan fingerprint density at radius 3 is 2.62 bits per heavy atom. The van der Waals surface area contributed by atoms with E-state index < -0.39 is 5.97 Å². The molecule has 0 unspecified atom stereocenters. The molecule has 2 N–H and O–H groups in total. The number of aromatic carboxylic acids is 1. The second kappa shape index (κ2) is 6.62. The molecular weight excluding hydrogens is 404 g/mol. The van der Waals surface area contributed by atoms with Crippen molar-refractivity contribution in [2.45, 2.75) is 18.9 Å². The number of nitrogens with one attached hydrogen (secondary N) is 1. The first-order valence-corrected chi connectivity index (χ1v) is 7.93. The summed E-state index contributed by atoms with van der Waals surface area (Å²) in [4.78, 5) is 25.3. The summed E-state index contributed by atoms with van der Waals surface area (Å²) in [6.07, 6.45) is 3.59. The van der Waals surface area contributed by atoms with E-state index in [1.54, 1.807) is 17.0 Å². The molecule has 7 heteroatoms. The van der Waals surface area contributed by atoms with Gasteiger partial charge < -0.3 is 15.3 Å². The average Bonchev–Trinajstić information content (AvgIpc) is 3.22. The van der Waals surface area contributed by atoms with Crippen LogP contribution in [0.3, 0.4) is 0 Å². The molecule has 1 fully saturated rings. The van der Waals surface area contributed by atoms with Gasteiger partial charge in [-0.15, -0.1) is 6.58 Å². The first kappa shape index (κ1) is 16.0. The van der Waals surface area contributed by atoms with Crippen LogP contribution in [-0.2, 0) is 0 Å². The molecule has 0 heterocycles. The third-order valence-corrected chi connectivity index (χ3v) is 4.17. The molecule has 0 spiro atoms. The summed E-state index contributed by atoms with van der Waals surface area (Å²) in [5.74, 6) is -1.10. The summed E-state index contributed by atoms with van der Waals surface area (Å²) in [6, 6.07) is 3.04. The summed E-state index contributed by atoms with van der Waals surface area (Å²) in [7, 11) is 0. The number of carboxylic acid groups (broad SMARTS) is 1. The number of benzene rings is 1. The highest BCUT2D eigenvalue weighted by Gasteiger charge is 2.32. The standard InChI is InChI=1S/C14H14Br2N2O3/c1-2-5-18(9-3-4-9)14(21)17-12-10(13(19)20)6-8(15)7-11(12)16/h2,6-7,9H,1,3-5H2,(H,17,21)(H,19,20). The van der Waals surface area contributed by atoms with E-state index in [1.807, 2.05) is 0 Å². The van der Waals surface area contributed by atoms with Crippen molar-refractivity contribution in [2.24, 2.45) is 0 Å². The van der Waals surface area contributed by atoms with E-state index in [0.717, 1.165) is 12.8 Å². The Hall–Kier alpha value is -1.34. The van der Waals surface area contributed by atoms with Crippen LogP contribution in [-0.4, -0.2) is 34.6 Å². The van der Waals surface area contributed by atoms with Gasteiger partial charge in [0.2, 0.25) is 0 Å². The predicted molar refractivity (Wildman–Crippen MR) is 87.7 cm³/mol. The highest BCUT2D eigenvalue weighted by atomic mass is 79.9. The SMILES string of the molecule is C=CCN(C(=O)Nc1c(Br)cc(Br)cc1C(=O)O)C1CC1. The molecule has 21 heavy (non-hydrogen) atoms. The van der Waals surface area contributed by atoms with Crippen molar-refractivity contribution in [3.05, 3.63) is 39.3 Å². The third kappa shape index (κ3) is 3.85. The van der Waals surface area contributed by atoms with Gasteiger partial charge in [-0.05, 0) is 40.9 Å². The van der Waals surface area contributed by atoms with Gasteiger partial charge in [0.25, 0.3) is 0 Å². The van der Waals surface area contributed by atoms with Crippen molar-refractivity contribution in [1.29, 1.82) is 0 Å². The van der Waals surface area contributed by atoms with E-state index in [9.17, 15) is 14.7 Å². The lowest BCUT2D eigenvalue weighted by Gasteiger charge is -2.22. The molecule has 0 atom stereocenters. The van der Waals surface area contributed by atoms with Crippen LogP contribution in [0.25, 0.3) is 0 Å². The van der Waals surface area contributed by atoms with Gasteiger partial charge in [-0.1, -0.05) is 22.0 Å². The molecule has 1 aromatic carbocycles. The van der Waals surface area contributed by atoms with Crippen molar-refractivity contribution < 1.29 is 14.7 Å². The number of amides is 2. The van der Waals surface area contributed by atoms with Crippen LogP contribution in [0.2, 0.25) is 0 Å². The first-order valence-electron chi connectivity index (χ1n) is 6.35. The maximum atomic E-state index is 12.3. The van der Waals surface area contributed by atoms with Crippen LogP contribution in [0.15, 0.2) is 33.7 Å². The lowest BCUT2D eigenvalue weighted by Crippen LogP contribution is -2.37. The van der Waals surface area contributed by atoms with Crippen molar-refractivity contribution in [1.82, 2.24) is 4.90 Å². The highest BCUT2D eigenvalue weighted by molar-refractivity contribution is 9.11. The lowest BCUT2D eigenvalue weighted by molar-refractivity contribution is 0.0698. The van der Waals surface area contributed by atoms with Crippen LogP contribution in [0.5, 0.6) is 0 Å². The van der Waals surface area contributed by atoms with Gasteiger partial charge in [0.1, 0.15) is 0 Å². The summed E-state index contributed by atoms with van der Waals surface area (Å²) in [6.45, 7) is 4.08. The normalized spacial score (nSPS) is 13.6. The maximum absolute atomic E-state index is 12.3. The van der Waals surface area contributed by atoms with Gasteiger partial charge in [-0.3, -0.25) is 0 Å². The topological polar surface area (TPSA) is 69.6 Å². The van der Waals surface area contributed by atoms with Crippen LogP contribution in [0.4, 0.5) is 10.5 Å². The van der Waals surface area contributed by atoms with E-state index in [2.05, 4.69) is 43.8 Å². The van der Waals surface area contributed by atoms with Crippen molar-refractivity contribution in [3.8, 4) is 0 Å². The molecule has 1 saturated carbocycles. The Morgan fingerprint density at radius 2 is 2.10 bits per heavy atom. The number of hydrogen-bond acceptors (Lipinski definition) is 2. The van der Waals surface area contributed by atoms with Gasteiger partial charge >= 0.3 is 12.0 Å². The number of nitrogens with zero attached hydrogens (tertiary/aromatic N) is 1. The molecule has 2 amide bonds. The molecule has 1 aromatic rings. The van der Waals surface area contributed by atoms with Gasteiger partial charge in [0.15, 0.2) is 0 Å². The number of halogens is 2. The molecule has 5 nitrogen and oxygen atoms in total. The minimum absolute atomic E-state index is 0.0268. The van der Waals surface area contributed by atoms with E-state index in [0.29, 0.717) is 15.5 Å². The predicted octanol–water partition coefficient (Wildman–Crippen LogP) is 4.09. The number of anilines is 1. The number of carboxylic acids is 1. The van der Waals surface area contributed by atoms with Crippen LogP contribution in [0, 0.1) is 0 Å². The fourth-order valence-electron chi connectivity index (χ4n) is 1.97. The van der Waals surface area contributed by atoms with Crippen LogP contribution >= 0.6 is 31.9 Å². The molecule has 1 aliphatic carbocycles. The Balaban J connectivity index is 2.27. The molecule has 0 aromatic heterocycles. The quantitative estimate of drug-likeness (QED) is 0.708. The number of hydrogen-bond donors (Lipinski definition) is 2. The minimum atomic E-state index is -1.10. The number of carbonyl (C=O) groups excluding carboxylic acids is 1. The number of urea groups is 1. The largest absolute Gasteiger partial charge is 0.478 e. The Morgan fingerprint density at radius 1 is 1.43 bits per heavy atom. The molecule has 2 rings (SSSR count). The van der Waals surface area contributed by atoms with Gasteiger partial charge in [-0.2, -0.15) is 0 Å². The van der Waals surface area contributed by atoms with Crippen molar-refractivity contribution in [2.75, 3.05) is 11.9 Å². The zero-order chi connectivity index (χ0) is 15.6. The smallest absolute Gasteiger partial charge is 0.337 e. The molecule has 0 bridgehead atoms. The average molecular weight is 418 g/mol. The van der Waals surface area contributed by atoms with E-state index in [1.165, 1.54) is 6.07 Å². The summed E-state index contributed by atoms with van der Waals surface area (Å²) >= 11 is 6.53. The molecule has 1 aliphatic rings. The van der Waals surface area contributed by atoms with Crippen LogP contribution < -0.4 is 5.32 Å². The molecular formula is C14H14Br2N2O3. The summed E-state index contributed by atoms with van der Waals surface area (Å²) < 4.78 is 1.13. The van der Waals surface area contributed by atoms with E-state index >= 15 is 0 Å². The van der Waals surface area contributed by atoms with Gasteiger partial charge in [0.05, 0.1) is 11.3 Å². The van der Waals surface area contributed by atoms with Crippen molar-refractivity contribution >= 4 is 49.5 Å². The first-order chi connectivity index (χ1) is 9.93. The number of rotatable bonds is 5. The second-order valence-electron chi connectivity index (χ2n) is 4.72. The zero-order valence-corrected chi connectivity index (χ0v) is 14.3. The summed E-state index contributed by atoms with van der Waals surface area (Å²) in [5, 5.41) is 12.0. The maximum Gasteiger partial charge on any atom is 0.337 e. The Kier molecular flexibility index (Phi) is 5.05. The molecule has 0 saturated heterocycles.